The van der Waals surface area contributed by atoms with Gasteiger partial charge in [-0.05, 0) is 80.8 Å². The lowest BCUT2D eigenvalue weighted by atomic mass is 9.81. The van der Waals surface area contributed by atoms with Crippen molar-refractivity contribution in [3.63, 3.8) is 0 Å². The molecule has 2 aromatic rings. The molecule has 0 radical (unpaired) electrons. The van der Waals surface area contributed by atoms with Crippen LogP contribution in [0.4, 0.5) is 8.78 Å². The van der Waals surface area contributed by atoms with Crippen molar-refractivity contribution in [3.8, 4) is 11.1 Å². The summed E-state index contributed by atoms with van der Waals surface area (Å²) in [7, 11) is 0. The van der Waals surface area contributed by atoms with Gasteiger partial charge in [0.2, 0.25) is 5.91 Å². The van der Waals surface area contributed by atoms with Crippen molar-refractivity contribution in [3.05, 3.63) is 58.2 Å². The van der Waals surface area contributed by atoms with Crippen LogP contribution in [-0.2, 0) is 19.9 Å². The van der Waals surface area contributed by atoms with E-state index in [2.05, 4.69) is 5.32 Å². The van der Waals surface area contributed by atoms with E-state index < -0.39 is 41.0 Å². The van der Waals surface area contributed by atoms with E-state index in [-0.39, 0.29) is 18.6 Å². The summed E-state index contributed by atoms with van der Waals surface area (Å²) in [5, 5.41) is 2.84. The number of esters is 1. The molecule has 1 unspecified atom stereocenters. The van der Waals surface area contributed by atoms with Gasteiger partial charge in [-0.2, -0.15) is 0 Å². The minimum Gasteiger partial charge on any atom is -0.466 e. The topological polar surface area (TPSA) is 81.4 Å². The van der Waals surface area contributed by atoms with Crippen molar-refractivity contribution < 1.29 is 23.1 Å². The Morgan fingerprint density at radius 2 is 1.80 bits per heavy atom. The Balaban J connectivity index is 1.75. The number of rotatable bonds is 8. The van der Waals surface area contributed by atoms with Crippen LogP contribution in [0.15, 0.2) is 24.3 Å². The van der Waals surface area contributed by atoms with Crippen LogP contribution in [0.25, 0.3) is 11.1 Å². The molecule has 0 heterocycles. The van der Waals surface area contributed by atoms with E-state index in [4.69, 9.17) is 10.5 Å². The molecule has 0 spiro atoms. The second-order valence-electron chi connectivity index (χ2n) is 10.2. The average Bonchev–Trinajstić information content (AvgIpc) is 3.47. The van der Waals surface area contributed by atoms with E-state index in [1.54, 1.807) is 13.0 Å². The van der Waals surface area contributed by atoms with Gasteiger partial charge in [-0.1, -0.05) is 37.0 Å². The predicted molar refractivity (Wildman–Crippen MR) is 130 cm³/mol. The van der Waals surface area contributed by atoms with E-state index in [9.17, 15) is 14.0 Å². The molecule has 5 nitrogen and oxygen atoms in total. The molecular formula is C28H34F2N2O3. The van der Waals surface area contributed by atoms with Crippen LogP contribution in [0.5, 0.6) is 0 Å². The molecular weight excluding hydrogens is 450 g/mol. The normalized spacial score (nSPS) is 22.3. The number of nitrogens with two attached hydrogens (primary N) is 1. The monoisotopic (exact) mass is 484 g/mol. The van der Waals surface area contributed by atoms with Crippen LogP contribution in [0, 0.1) is 44.2 Å². The molecule has 2 aliphatic carbocycles. The van der Waals surface area contributed by atoms with Gasteiger partial charge in [-0.15, -0.1) is 0 Å². The lowest BCUT2D eigenvalue weighted by molar-refractivity contribution is -0.145. The highest BCUT2D eigenvalue weighted by Gasteiger charge is 2.63. The fourth-order valence-corrected chi connectivity index (χ4v) is 5.49. The Labute approximate surface area is 205 Å². The maximum Gasteiger partial charge on any atom is 0.311 e. The second kappa shape index (κ2) is 9.69. The number of ether oxygens (including phenoxy) is 1. The van der Waals surface area contributed by atoms with Crippen LogP contribution in [0.1, 0.15) is 61.3 Å². The summed E-state index contributed by atoms with van der Waals surface area (Å²) in [6, 6.07) is 5.92. The number of benzene rings is 2. The van der Waals surface area contributed by atoms with Gasteiger partial charge in [0, 0.05) is 5.56 Å². The maximum absolute atomic E-state index is 15.3. The minimum absolute atomic E-state index is 0.0471. The Kier molecular flexibility index (Phi) is 7.00. The molecule has 2 aliphatic rings. The van der Waals surface area contributed by atoms with E-state index in [0.29, 0.717) is 17.9 Å². The standard InChI is InChI=1S/C28H34F2N2O3/c1-5-35-27(34)21-14-28(21,32-26(33)23(31)11-18-7-6-8-18)20-12-19(13-22(29)25(20)30)24-16(3)9-15(2)10-17(24)4/h9-10,12-13,18,21,23H,5-8,11,14,31H2,1-4H3,(H,32,33)/t21-,23+,28?/m1/s1. The summed E-state index contributed by atoms with van der Waals surface area (Å²) in [5.41, 5.74) is 8.95. The number of carbonyl (C=O) groups is 2. The molecule has 0 saturated heterocycles. The molecule has 0 bridgehead atoms. The summed E-state index contributed by atoms with van der Waals surface area (Å²) in [6.07, 6.45) is 3.86. The third kappa shape index (κ3) is 4.83. The van der Waals surface area contributed by atoms with Gasteiger partial charge in [0.25, 0.3) is 0 Å². The lowest BCUT2D eigenvalue weighted by Gasteiger charge is -2.29. The maximum atomic E-state index is 15.3. The molecule has 2 aromatic carbocycles. The summed E-state index contributed by atoms with van der Waals surface area (Å²) in [6.45, 7) is 7.65. The number of halogens is 2. The number of hydrogen-bond acceptors (Lipinski definition) is 4. The van der Waals surface area contributed by atoms with Gasteiger partial charge < -0.3 is 15.8 Å². The summed E-state index contributed by atoms with van der Waals surface area (Å²) >= 11 is 0. The lowest BCUT2D eigenvalue weighted by Crippen LogP contribution is -2.48. The fraction of sp³-hybridized carbons (Fsp3) is 0.500. The van der Waals surface area contributed by atoms with Crippen molar-refractivity contribution in [2.24, 2.45) is 17.6 Å². The first kappa shape index (κ1) is 25.3. The average molecular weight is 485 g/mol. The highest BCUT2D eigenvalue weighted by atomic mass is 19.2. The predicted octanol–water partition coefficient (Wildman–Crippen LogP) is 4.97. The van der Waals surface area contributed by atoms with Crippen molar-refractivity contribution >= 4 is 11.9 Å². The molecule has 3 N–H and O–H groups in total. The van der Waals surface area contributed by atoms with Crippen LogP contribution in [0.3, 0.4) is 0 Å². The zero-order chi connectivity index (χ0) is 25.5. The largest absolute Gasteiger partial charge is 0.466 e. The van der Waals surface area contributed by atoms with Crippen LogP contribution in [0.2, 0.25) is 0 Å². The second-order valence-corrected chi connectivity index (χ2v) is 10.2. The Morgan fingerprint density at radius 1 is 1.14 bits per heavy atom. The SMILES string of the molecule is CCOC(=O)[C@H]1CC1(NC(=O)[C@@H](N)CC1CCC1)c1cc(-c2c(C)cc(C)cc2C)cc(F)c1F. The van der Waals surface area contributed by atoms with Crippen molar-refractivity contribution in [2.75, 3.05) is 6.61 Å². The zero-order valence-electron chi connectivity index (χ0n) is 20.8. The third-order valence-electron chi connectivity index (χ3n) is 7.50. The number of amides is 1. The van der Waals surface area contributed by atoms with E-state index in [1.165, 1.54) is 6.07 Å². The molecule has 1 amide bonds. The van der Waals surface area contributed by atoms with Crippen LogP contribution in [-0.4, -0.2) is 24.5 Å². The molecule has 0 aromatic heterocycles. The van der Waals surface area contributed by atoms with Crippen molar-refractivity contribution in [1.29, 1.82) is 0 Å². The smallest absolute Gasteiger partial charge is 0.311 e. The highest BCUT2D eigenvalue weighted by molar-refractivity contribution is 5.87. The fourth-order valence-electron chi connectivity index (χ4n) is 5.49. The molecule has 3 atom stereocenters. The number of carbonyl (C=O) groups excluding carboxylic acids is 2. The van der Waals surface area contributed by atoms with Gasteiger partial charge in [0.1, 0.15) is 0 Å². The first-order valence-electron chi connectivity index (χ1n) is 12.4. The quantitative estimate of drug-likeness (QED) is 0.519. The van der Waals surface area contributed by atoms with Crippen LogP contribution < -0.4 is 11.1 Å². The Bertz CT molecular complexity index is 1140. The van der Waals surface area contributed by atoms with Gasteiger partial charge in [-0.25, -0.2) is 8.78 Å². The molecule has 35 heavy (non-hydrogen) atoms. The summed E-state index contributed by atoms with van der Waals surface area (Å²) < 4.78 is 35.5. The third-order valence-corrected chi connectivity index (χ3v) is 7.50. The molecule has 188 valence electrons. The number of aryl methyl sites for hydroxylation is 3. The zero-order valence-corrected chi connectivity index (χ0v) is 20.8. The van der Waals surface area contributed by atoms with Gasteiger partial charge in [-0.3, -0.25) is 9.59 Å². The Hall–Kier alpha value is -2.80. The minimum atomic E-state index is -1.39. The Morgan fingerprint density at radius 3 is 2.37 bits per heavy atom. The van der Waals surface area contributed by atoms with Crippen molar-refractivity contribution in [2.45, 2.75) is 71.4 Å². The van der Waals surface area contributed by atoms with E-state index in [1.807, 2.05) is 32.9 Å². The molecule has 7 heteroatoms. The molecule has 4 rings (SSSR count). The number of hydrogen-bond donors (Lipinski definition) is 2. The first-order chi connectivity index (χ1) is 16.6. The summed E-state index contributed by atoms with van der Waals surface area (Å²) in [5.74, 6) is -3.53. The highest BCUT2D eigenvalue weighted by Crippen LogP contribution is 2.54. The van der Waals surface area contributed by atoms with Gasteiger partial charge in [0.05, 0.1) is 24.1 Å². The van der Waals surface area contributed by atoms with Crippen molar-refractivity contribution in [1.82, 2.24) is 5.32 Å². The molecule has 0 aliphatic heterocycles. The van der Waals surface area contributed by atoms with Crippen LogP contribution >= 0.6 is 0 Å². The molecule has 2 fully saturated rings. The van der Waals surface area contributed by atoms with Gasteiger partial charge >= 0.3 is 5.97 Å². The number of nitrogens with one attached hydrogen (secondary N) is 1. The van der Waals surface area contributed by atoms with E-state index >= 15 is 4.39 Å². The van der Waals surface area contributed by atoms with E-state index in [0.717, 1.165) is 41.5 Å². The molecule has 2 saturated carbocycles. The van der Waals surface area contributed by atoms with Gasteiger partial charge in [0.15, 0.2) is 11.6 Å². The summed E-state index contributed by atoms with van der Waals surface area (Å²) in [4.78, 5) is 25.7. The first-order valence-corrected chi connectivity index (χ1v) is 12.4.